The Labute approximate surface area is 145 Å². The van der Waals surface area contributed by atoms with Gasteiger partial charge in [-0.3, -0.25) is 0 Å². The van der Waals surface area contributed by atoms with Crippen molar-refractivity contribution in [3.05, 3.63) is 41.5 Å². The summed E-state index contributed by atoms with van der Waals surface area (Å²) in [5.41, 5.74) is 1.74. The summed E-state index contributed by atoms with van der Waals surface area (Å²) in [5.74, 6) is 1.21. The lowest BCUT2D eigenvalue weighted by Gasteiger charge is -2.43. The van der Waals surface area contributed by atoms with Crippen LogP contribution in [0.5, 0.6) is 0 Å². The summed E-state index contributed by atoms with van der Waals surface area (Å²) in [7, 11) is 0. The average molecular weight is 325 g/mol. The number of allylic oxidation sites excluding steroid dienone is 1. The molecule has 1 aliphatic heterocycles. The maximum absolute atomic E-state index is 9.92. The Balaban J connectivity index is 1.98. The van der Waals surface area contributed by atoms with Crippen molar-refractivity contribution in [1.29, 1.82) is 5.26 Å². The summed E-state index contributed by atoms with van der Waals surface area (Å²) in [6.45, 7) is 4.98. The first kappa shape index (κ1) is 17.0. The van der Waals surface area contributed by atoms with E-state index in [1.807, 2.05) is 30.3 Å². The average Bonchev–Trinajstić information content (AvgIpc) is 2.61. The molecule has 0 saturated heterocycles. The van der Waals surface area contributed by atoms with E-state index in [1.165, 1.54) is 19.3 Å². The van der Waals surface area contributed by atoms with Gasteiger partial charge < -0.3 is 9.47 Å². The van der Waals surface area contributed by atoms with Crippen molar-refractivity contribution in [3.8, 4) is 6.07 Å². The SMILES string of the molecule is CC(C)COC1CC2(CCCCC2)C(C#N)=C(c2ccccc2)O1. The lowest BCUT2D eigenvalue weighted by Crippen LogP contribution is -2.38. The molecule has 1 heterocycles. The van der Waals surface area contributed by atoms with Gasteiger partial charge >= 0.3 is 0 Å². The Morgan fingerprint density at radius 2 is 1.92 bits per heavy atom. The smallest absolute Gasteiger partial charge is 0.200 e. The Bertz CT molecular complexity index is 621. The first-order valence-corrected chi connectivity index (χ1v) is 9.13. The summed E-state index contributed by atoms with van der Waals surface area (Å²) < 4.78 is 12.2. The molecule has 2 aliphatic rings. The second kappa shape index (κ2) is 7.40. The van der Waals surface area contributed by atoms with Gasteiger partial charge in [-0.25, -0.2) is 0 Å². The van der Waals surface area contributed by atoms with E-state index in [9.17, 15) is 5.26 Å². The summed E-state index contributed by atoms with van der Waals surface area (Å²) in [6.07, 6.45) is 6.32. The zero-order valence-electron chi connectivity index (χ0n) is 14.8. The third-order valence-corrected chi connectivity index (χ3v) is 5.14. The van der Waals surface area contributed by atoms with Gasteiger partial charge in [0, 0.05) is 17.4 Å². The third kappa shape index (κ3) is 3.49. The van der Waals surface area contributed by atoms with E-state index in [1.54, 1.807) is 0 Å². The number of ether oxygens (including phenoxy) is 2. The van der Waals surface area contributed by atoms with Crippen molar-refractivity contribution >= 4 is 5.76 Å². The van der Waals surface area contributed by atoms with Crippen LogP contribution in [0.1, 0.15) is 57.9 Å². The van der Waals surface area contributed by atoms with Gasteiger partial charge in [-0.05, 0) is 18.8 Å². The summed E-state index contributed by atoms with van der Waals surface area (Å²) in [5, 5.41) is 9.92. The normalized spacial score (nSPS) is 23.2. The van der Waals surface area contributed by atoms with Crippen LogP contribution in [-0.2, 0) is 9.47 Å². The number of hydrogen-bond acceptors (Lipinski definition) is 3. The Morgan fingerprint density at radius 1 is 1.21 bits per heavy atom. The van der Waals surface area contributed by atoms with Crippen LogP contribution in [0.4, 0.5) is 0 Å². The van der Waals surface area contributed by atoms with Gasteiger partial charge in [0.2, 0.25) is 6.29 Å². The van der Waals surface area contributed by atoms with Gasteiger partial charge in [-0.1, -0.05) is 63.4 Å². The van der Waals surface area contributed by atoms with Gasteiger partial charge in [0.25, 0.3) is 0 Å². The molecule has 24 heavy (non-hydrogen) atoms. The van der Waals surface area contributed by atoms with Gasteiger partial charge in [0.15, 0.2) is 0 Å². The van der Waals surface area contributed by atoms with Gasteiger partial charge in [-0.2, -0.15) is 5.26 Å². The van der Waals surface area contributed by atoms with Gasteiger partial charge in [0.05, 0.1) is 18.2 Å². The number of nitrogens with zero attached hydrogens (tertiary/aromatic N) is 1. The molecule has 1 fully saturated rings. The van der Waals surface area contributed by atoms with Crippen molar-refractivity contribution in [2.24, 2.45) is 11.3 Å². The van der Waals surface area contributed by atoms with Crippen molar-refractivity contribution < 1.29 is 9.47 Å². The van der Waals surface area contributed by atoms with E-state index in [0.29, 0.717) is 12.5 Å². The van der Waals surface area contributed by atoms with E-state index >= 15 is 0 Å². The number of nitriles is 1. The number of rotatable bonds is 4. The summed E-state index contributed by atoms with van der Waals surface area (Å²) >= 11 is 0. The minimum atomic E-state index is -0.252. The molecule has 1 spiro atoms. The Morgan fingerprint density at radius 3 is 2.54 bits per heavy atom. The van der Waals surface area contributed by atoms with Gasteiger partial charge in [0.1, 0.15) is 5.76 Å². The molecule has 1 aromatic rings. The fraction of sp³-hybridized carbons (Fsp3) is 0.571. The van der Waals surface area contributed by atoms with E-state index in [2.05, 4.69) is 19.9 Å². The molecule has 3 rings (SSSR count). The molecule has 0 aromatic heterocycles. The maximum Gasteiger partial charge on any atom is 0.200 e. The Kier molecular flexibility index (Phi) is 5.26. The molecular formula is C21H27NO2. The van der Waals surface area contributed by atoms with Crippen molar-refractivity contribution in [1.82, 2.24) is 0 Å². The largest absolute Gasteiger partial charge is 0.463 e. The molecule has 1 atom stereocenters. The maximum atomic E-state index is 9.92. The lowest BCUT2D eigenvalue weighted by molar-refractivity contribution is -0.136. The van der Waals surface area contributed by atoms with E-state index in [4.69, 9.17) is 9.47 Å². The van der Waals surface area contributed by atoms with Gasteiger partial charge in [-0.15, -0.1) is 0 Å². The van der Waals surface area contributed by atoms with E-state index in [-0.39, 0.29) is 11.7 Å². The van der Waals surface area contributed by atoms with Crippen molar-refractivity contribution in [2.45, 2.75) is 58.7 Å². The molecule has 1 unspecified atom stereocenters. The minimum absolute atomic E-state index is 0.0714. The molecule has 3 nitrogen and oxygen atoms in total. The molecule has 1 aliphatic carbocycles. The van der Waals surface area contributed by atoms with E-state index in [0.717, 1.165) is 36.2 Å². The molecule has 0 N–H and O–H groups in total. The summed E-state index contributed by atoms with van der Waals surface area (Å²) in [4.78, 5) is 0. The highest BCUT2D eigenvalue weighted by Crippen LogP contribution is 2.52. The molecule has 0 radical (unpaired) electrons. The Hall–Kier alpha value is -1.79. The lowest BCUT2D eigenvalue weighted by atomic mass is 9.65. The summed E-state index contributed by atoms with van der Waals surface area (Å²) in [6, 6.07) is 12.5. The van der Waals surface area contributed by atoms with E-state index < -0.39 is 0 Å². The fourth-order valence-electron chi connectivity index (χ4n) is 3.94. The topological polar surface area (TPSA) is 42.2 Å². The molecule has 128 valence electrons. The highest BCUT2D eigenvalue weighted by molar-refractivity contribution is 5.69. The van der Waals surface area contributed by atoms with Crippen LogP contribution in [-0.4, -0.2) is 12.9 Å². The standard InChI is InChI=1S/C21H27NO2/c1-16(2)15-23-19-13-21(11-7-4-8-12-21)18(14-22)20(24-19)17-9-5-3-6-10-17/h3,5-6,9-10,16,19H,4,7-8,11-13,15H2,1-2H3. The highest BCUT2D eigenvalue weighted by Gasteiger charge is 2.45. The van der Waals surface area contributed by atoms with Crippen LogP contribution >= 0.6 is 0 Å². The molecule has 3 heteroatoms. The molecule has 0 bridgehead atoms. The first-order chi connectivity index (χ1) is 11.6. The fourth-order valence-corrected chi connectivity index (χ4v) is 3.94. The van der Waals surface area contributed by atoms with Crippen LogP contribution in [0.3, 0.4) is 0 Å². The second-order valence-corrected chi connectivity index (χ2v) is 7.50. The highest BCUT2D eigenvalue weighted by atomic mass is 16.7. The van der Waals surface area contributed by atoms with Crippen LogP contribution in [0, 0.1) is 22.7 Å². The molecule has 1 aromatic carbocycles. The van der Waals surface area contributed by atoms with Crippen molar-refractivity contribution in [2.75, 3.05) is 6.61 Å². The quantitative estimate of drug-likeness (QED) is 0.755. The monoisotopic (exact) mass is 325 g/mol. The predicted molar refractivity (Wildman–Crippen MR) is 94.8 cm³/mol. The van der Waals surface area contributed by atoms with Crippen LogP contribution in [0.2, 0.25) is 0 Å². The predicted octanol–water partition coefficient (Wildman–Crippen LogP) is 5.29. The van der Waals surface area contributed by atoms with Crippen LogP contribution in [0.15, 0.2) is 35.9 Å². The zero-order chi connectivity index (χ0) is 17.0. The minimum Gasteiger partial charge on any atom is -0.463 e. The molecule has 1 saturated carbocycles. The van der Waals surface area contributed by atoms with Crippen LogP contribution in [0.25, 0.3) is 5.76 Å². The molecular weight excluding hydrogens is 298 g/mol. The number of hydrogen-bond donors (Lipinski definition) is 0. The van der Waals surface area contributed by atoms with Crippen LogP contribution < -0.4 is 0 Å². The number of benzene rings is 1. The zero-order valence-corrected chi connectivity index (χ0v) is 14.8. The third-order valence-electron chi connectivity index (χ3n) is 5.14. The van der Waals surface area contributed by atoms with Crippen molar-refractivity contribution in [3.63, 3.8) is 0 Å². The second-order valence-electron chi connectivity index (χ2n) is 7.50. The first-order valence-electron chi connectivity index (χ1n) is 9.13. The molecule has 0 amide bonds.